The average Bonchev–Trinajstić information content (AvgIpc) is 3.62. The van der Waals surface area contributed by atoms with E-state index in [-0.39, 0.29) is 23.5 Å². The van der Waals surface area contributed by atoms with Gasteiger partial charge in [-0.05, 0) is 76.8 Å². The third kappa shape index (κ3) is 5.05. The predicted octanol–water partition coefficient (Wildman–Crippen LogP) is 6.74. The number of likely N-dealkylation sites (tertiary alicyclic amines) is 1. The minimum Gasteiger partial charge on any atom is -0.455 e. The molecule has 3 aromatic heterocycles. The summed E-state index contributed by atoms with van der Waals surface area (Å²) in [5.41, 5.74) is 4.67. The molecule has 0 aliphatic carbocycles. The van der Waals surface area contributed by atoms with Crippen molar-refractivity contribution in [1.29, 1.82) is 0 Å². The fraction of sp³-hybridized carbons (Fsp3) is 0.258. The van der Waals surface area contributed by atoms with Crippen LogP contribution in [0.1, 0.15) is 45.2 Å². The van der Waals surface area contributed by atoms with Crippen LogP contribution < -0.4 is 9.62 Å². The summed E-state index contributed by atoms with van der Waals surface area (Å²) in [6.45, 7) is 1.16. The Kier molecular flexibility index (Phi) is 7.71. The molecule has 0 saturated carbocycles. The van der Waals surface area contributed by atoms with Crippen LogP contribution >= 0.6 is 27.9 Å². The Morgan fingerprint density at radius 2 is 1.98 bits per heavy atom. The number of fused-ring (bicyclic) bond motifs is 2. The lowest BCUT2D eigenvalue weighted by atomic mass is 9.88. The second-order valence-electron chi connectivity index (χ2n) is 10.3. The van der Waals surface area contributed by atoms with Crippen molar-refractivity contribution in [3.05, 3.63) is 88.0 Å². The minimum atomic E-state index is -0.366. The zero-order chi connectivity index (χ0) is 29.5. The van der Waals surface area contributed by atoms with E-state index < -0.39 is 0 Å². The van der Waals surface area contributed by atoms with Crippen LogP contribution in [0.15, 0.2) is 69.8 Å². The zero-order valence-electron chi connectivity index (χ0n) is 23.4. The molecule has 1 unspecified atom stereocenters. The van der Waals surface area contributed by atoms with Gasteiger partial charge in [-0.2, -0.15) is 0 Å². The van der Waals surface area contributed by atoms with Crippen molar-refractivity contribution in [2.45, 2.75) is 18.8 Å². The number of pyridine rings is 1. The fourth-order valence-electron chi connectivity index (χ4n) is 5.66. The Balaban J connectivity index is 1.42. The fourth-order valence-corrected chi connectivity index (χ4v) is 6.45. The van der Waals surface area contributed by atoms with Gasteiger partial charge >= 0.3 is 0 Å². The van der Waals surface area contributed by atoms with E-state index in [9.17, 15) is 14.0 Å². The molecule has 8 nitrogen and oxygen atoms in total. The molecule has 4 heterocycles. The summed E-state index contributed by atoms with van der Waals surface area (Å²) in [5, 5.41) is 3.41. The predicted molar refractivity (Wildman–Crippen MR) is 168 cm³/mol. The number of anilines is 1. The zero-order valence-corrected chi connectivity index (χ0v) is 25.8. The van der Waals surface area contributed by atoms with Crippen LogP contribution in [0.2, 0.25) is 0 Å². The quantitative estimate of drug-likeness (QED) is 0.162. The maximum atomic E-state index is 13.7. The van der Waals surface area contributed by atoms with E-state index in [1.807, 2.05) is 52.9 Å². The summed E-state index contributed by atoms with van der Waals surface area (Å²) < 4.78 is 24.7. The van der Waals surface area contributed by atoms with Crippen molar-refractivity contribution in [3.8, 4) is 11.3 Å². The molecule has 2 aromatic carbocycles. The topological polar surface area (TPSA) is 83.1 Å². The first-order valence-electron chi connectivity index (χ1n) is 13.6. The van der Waals surface area contributed by atoms with Gasteiger partial charge in [-0.15, -0.1) is 0 Å². The van der Waals surface area contributed by atoms with Gasteiger partial charge in [-0.3, -0.25) is 14.0 Å². The molecule has 2 amide bonds. The number of amides is 2. The van der Waals surface area contributed by atoms with Crippen molar-refractivity contribution >= 4 is 62.0 Å². The molecule has 11 heteroatoms. The highest BCUT2D eigenvalue weighted by molar-refractivity contribution is 9.10. The molecule has 0 radical (unpaired) electrons. The highest BCUT2D eigenvalue weighted by Gasteiger charge is 2.31. The minimum absolute atomic E-state index is 0.0298. The van der Waals surface area contributed by atoms with Gasteiger partial charge in [0.1, 0.15) is 28.5 Å². The van der Waals surface area contributed by atoms with Crippen LogP contribution in [0, 0.1) is 5.82 Å². The van der Waals surface area contributed by atoms with Crippen LogP contribution in [0.3, 0.4) is 0 Å². The smallest absolute Gasteiger partial charge is 0.274 e. The Morgan fingerprint density at radius 1 is 1.19 bits per heavy atom. The third-order valence-corrected chi connectivity index (χ3v) is 9.21. The molecule has 1 aliphatic rings. The lowest BCUT2D eigenvalue weighted by Gasteiger charge is -2.34. The number of halogens is 2. The van der Waals surface area contributed by atoms with Crippen molar-refractivity contribution in [3.63, 3.8) is 0 Å². The summed E-state index contributed by atoms with van der Waals surface area (Å²) in [6, 6.07) is 15.6. The second-order valence-corrected chi connectivity index (χ2v) is 12.0. The molecule has 1 N–H and O–H groups in total. The first-order chi connectivity index (χ1) is 20.3. The van der Waals surface area contributed by atoms with Gasteiger partial charge in [-0.25, -0.2) is 9.37 Å². The largest absolute Gasteiger partial charge is 0.455 e. The number of nitrogens with one attached hydrogen (secondary N) is 1. The van der Waals surface area contributed by atoms with Crippen LogP contribution in [-0.2, 0) is 0 Å². The molecule has 1 fully saturated rings. The van der Waals surface area contributed by atoms with Gasteiger partial charge in [0.05, 0.1) is 15.9 Å². The molecule has 216 valence electrons. The van der Waals surface area contributed by atoms with E-state index >= 15 is 0 Å². The van der Waals surface area contributed by atoms with Crippen LogP contribution in [0.5, 0.6) is 0 Å². The molecule has 0 bridgehead atoms. The Morgan fingerprint density at radius 3 is 2.69 bits per heavy atom. The molecular formula is C31H29BrFN5O3S. The van der Waals surface area contributed by atoms with Crippen LogP contribution in [0.4, 0.5) is 10.1 Å². The van der Waals surface area contributed by atoms with E-state index in [0.29, 0.717) is 52.3 Å². The summed E-state index contributed by atoms with van der Waals surface area (Å²) in [4.78, 5) is 33.3. The average molecular weight is 651 g/mol. The van der Waals surface area contributed by atoms with Gasteiger partial charge < -0.3 is 18.9 Å². The van der Waals surface area contributed by atoms with Crippen molar-refractivity contribution in [2.24, 2.45) is 0 Å². The van der Waals surface area contributed by atoms with Gasteiger partial charge in [-0.1, -0.05) is 18.0 Å². The van der Waals surface area contributed by atoms with Gasteiger partial charge in [0, 0.05) is 62.6 Å². The number of imidazole rings is 1. The van der Waals surface area contributed by atoms with Gasteiger partial charge in [0.25, 0.3) is 11.8 Å². The third-order valence-electron chi connectivity index (χ3n) is 7.82. The van der Waals surface area contributed by atoms with E-state index in [2.05, 4.69) is 30.5 Å². The van der Waals surface area contributed by atoms with Gasteiger partial charge in [0.15, 0.2) is 0 Å². The normalized spacial score (nSPS) is 15.4. The van der Waals surface area contributed by atoms with Crippen molar-refractivity contribution in [1.82, 2.24) is 19.6 Å². The van der Waals surface area contributed by atoms with Crippen LogP contribution in [-0.4, -0.2) is 59.5 Å². The number of aromatic nitrogens is 2. The van der Waals surface area contributed by atoms with Crippen molar-refractivity contribution < 1.29 is 18.4 Å². The highest BCUT2D eigenvalue weighted by atomic mass is 79.9. The maximum Gasteiger partial charge on any atom is 0.274 e. The SMILES string of the molecule is CNC(=O)c1c(-c2ccc(F)cc2)oc2cc(N(C)SC)c(C3CCCN(C(=O)c4cn5c(Br)cccc5n4)C3)cc12. The molecule has 0 spiro atoms. The number of piperidine rings is 1. The van der Waals surface area contributed by atoms with Crippen LogP contribution in [0.25, 0.3) is 27.9 Å². The molecule has 1 aliphatic heterocycles. The number of carbonyl (C=O) groups is 2. The summed E-state index contributed by atoms with van der Waals surface area (Å²) in [5.74, 6) is -0.345. The first-order valence-corrected chi connectivity index (χ1v) is 15.6. The number of carbonyl (C=O) groups excluding carboxylic acids is 2. The Labute approximate surface area is 255 Å². The molecule has 1 atom stereocenters. The summed E-state index contributed by atoms with van der Waals surface area (Å²) in [6.07, 6.45) is 5.48. The van der Waals surface area contributed by atoms with E-state index in [1.165, 1.54) is 12.1 Å². The standard InChI is InChI=1S/C31H29BrFN5O3S/c1-34-30(39)28-22-14-21(24(36(2)42-3)15-25(22)41-29(28)18-9-11-20(33)12-10-18)19-6-5-13-37(16-19)31(40)23-17-38-26(32)7-4-8-27(38)35-23/h4,7-12,14-15,17,19H,5-6,13,16H2,1-3H3,(H,34,39). The van der Waals surface area contributed by atoms with E-state index in [4.69, 9.17) is 4.42 Å². The number of nitrogens with zero attached hydrogens (tertiary/aromatic N) is 4. The molecule has 42 heavy (non-hydrogen) atoms. The van der Waals surface area contributed by atoms with Crippen molar-refractivity contribution in [2.75, 3.05) is 37.7 Å². The summed E-state index contributed by atoms with van der Waals surface area (Å²) in [7, 11) is 3.56. The maximum absolute atomic E-state index is 13.7. The Hall–Kier alpha value is -3.83. The highest BCUT2D eigenvalue weighted by Crippen LogP contribution is 2.42. The molecule has 5 aromatic rings. The monoisotopic (exact) mass is 649 g/mol. The number of hydrogen-bond donors (Lipinski definition) is 1. The van der Waals surface area contributed by atoms with E-state index in [0.717, 1.165) is 28.7 Å². The second kappa shape index (κ2) is 11.4. The molecule has 1 saturated heterocycles. The lowest BCUT2D eigenvalue weighted by Crippen LogP contribution is -2.39. The van der Waals surface area contributed by atoms with Gasteiger partial charge in [0.2, 0.25) is 0 Å². The summed E-state index contributed by atoms with van der Waals surface area (Å²) >= 11 is 5.09. The first kappa shape index (κ1) is 28.3. The number of rotatable bonds is 6. The number of benzene rings is 2. The molecule has 6 rings (SSSR count). The number of furan rings is 1. The van der Waals surface area contributed by atoms with E-state index in [1.54, 1.807) is 37.3 Å². The number of hydrogen-bond acceptors (Lipinski definition) is 6. The Bertz CT molecular complexity index is 1820. The molecular weight excluding hydrogens is 621 g/mol. The lowest BCUT2D eigenvalue weighted by molar-refractivity contribution is 0.0702.